The Labute approximate surface area is 169 Å². The van der Waals surface area contributed by atoms with Gasteiger partial charge in [-0.2, -0.15) is 0 Å². The number of nitrogens with zero attached hydrogens (tertiary/aromatic N) is 1. The molecule has 0 radical (unpaired) electrons. The molecule has 2 fully saturated rings. The van der Waals surface area contributed by atoms with Crippen LogP contribution in [-0.2, 0) is 4.74 Å². The molecule has 2 atom stereocenters. The second kappa shape index (κ2) is 7.78. The molecule has 2 saturated heterocycles. The second-order valence-electron chi connectivity index (χ2n) is 8.16. The number of primary amides is 1. The van der Waals surface area contributed by atoms with Gasteiger partial charge >= 0.3 is 0 Å². The van der Waals surface area contributed by atoms with E-state index >= 15 is 0 Å². The number of hydrogen-bond donors (Lipinski definition) is 3. The van der Waals surface area contributed by atoms with Gasteiger partial charge < -0.3 is 30.4 Å². The molecule has 4 N–H and O–H groups in total. The highest BCUT2D eigenvalue weighted by molar-refractivity contribution is 6.01. The van der Waals surface area contributed by atoms with Gasteiger partial charge in [0.05, 0.1) is 24.9 Å². The molecule has 3 heterocycles. The first kappa shape index (κ1) is 19.9. The lowest BCUT2D eigenvalue weighted by molar-refractivity contribution is -0.203. The monoisotopic (exact) mass is 401 g/mol. The van der Waals surface area contributed by atoms with Crippen LogP contribution in [0.15, 0.2) is 24.4 Å². The number of pyridine rings is 1. The minimum atomic E-state index is -0.715. The number of fused-ring (bicyclic) bond motifs is 1. The molecular formula is C21H27N3O5. The number of aliphatic hydroxyl groups is 1. The lowest BCUT2D eigenvalue weighted by Gasteiger charge is -2.41. The van der Waals surface area contributed by atoms with Crippen molar-refractivity contribution >= 4 is 16.7 Å². The molecule has 1 amide bonds. The van der Waals surface area contributed by atoms with Gasteiger partial charge in [-0.3, -0.25) is 4.79 Å². The van der Waals surface area contributed by atoms with Crippen molar-refractivity contribution in [1.29, 1.82) is 0 Å². The zero-order valence-corrected chi connectivity index (χ0v) is 16.7. The topological polar surface area (TPSA) is 116 Å². The Balaban J connectivity index is 1.52. The molecule has 0 bridgehead atoms. The maximum absolute atomic E-state index is 11.8. The van der Waals surface area contributed by atoms with Crippen molar-refractivity contribution in [3.63, 3.8) is 0 Å². The van der Waals surface area contributed by atoms with Crippen molar-refractivity contribution in [3.05, 3.63) is 30.0 Å². The predicted molar refractivity (Wildman–Crippen MR) is 107 cm³/mol. The van der Waals surface area contributed by atoms with Crippen molar-refractivity contribution < 1.29 is 24.1 Å². The molecule has 0 spiro atoms. The summed E-state index contributed by atoms with van der Waals surface area (Å²) in [6.45, 7) is 5.75. The minimum Gasteiger partial charge on any atom is -0.490 e. The van der Waals surface area contributed by atoms with E-state index in [9.17, 15) is 9.90 Å². The number of benzene rings is 1. The van der Waals surface area contributed by atoms with E-state index in [1.54, 1.807) is 18.3 Å². The van der Waals surface area contributed by atoms with Crippen LogP contribution in [0.5, 0.6) is 11.6 Å². The van der Waals surface area contributed by atoms with Gasteiger partial charge in [-0.15, -0.1) is 0 Å². The third-order valence-electron chi connectivity index (χ3n) is 5.56. The van der Waals surface area contributed by atoms with E-state index in [0.29, 0.717) is 37.0 Å². The number of carbonyl (C=O) groups is 1. The van der Waals surface area contributed by atoms with Crippen LogP contribution in [0.3, 0.4) is 0 Å². The van der Waals surface area contributed by atoms with E-state index in [2.05, 4.69) is 10.3 Å². The number of nitrogens with one attached hydrogen (secondary N) is 1. The van der Waals surface area contributed by atoms with Gasteiger partial charge in [-0.05, 0) is 43.9 Å². The van der Waals surface area contributed by atoms with Gasteiger partial charge in [0.25, 0.3) is 5.91 Å². The third kappa shape index (κ3) is 4.01. The Kier molecular flexibility index (Phi) is 5.33. The Morgan fingerprint density at radius 1 is 1.45 bits per heavy atom. The average Bonchev–Trinajstić information content (AvgIpc) is 3.12. The number of amides is 1. The van der Waals surface area contributed by atoms with Gasteiger partial charge in [0.1, 0.15) is 18.0 Å². The molecule has 2 aromatic rings. The van der Waals surface area contributed by atoms with Crippen molar-refractivity contribution in [2.45, 2.75) is 38.0 Å². The van der Waals surface area contributed by atoms with Crippen LogP contribution in [0, 0.1) is 5.92 Å². The highest BCUT2D eigenvalue weighted by Crippen LogP contribution is 2.34. The van der Waals surface area contributed by atoms with Gasteiger partial charge in [0.2, 0.25) is 5.88 Å². The van der Waals surface area contributed by atoms with Crippen molar-refractivity contribution in [2.24, 2.45) is 11.7 Å². The quantitative estimate of drug-likeness (QED) is 0.639. The Bertz CT molecular complexity index is 913. The molecule has 156 valence electrons. The summed E-state index contributed by atoms with van der Waals surface area (Å²) in [6, 6.07) is 5.40. The molecule has 1 aromatic heterocycles. The lowest BCUT2D eigenvalue weighted by atomic mass is 9.84. The molecule has 8 nitrogen and oxygen atoms in total. The number of ether oxygens (including phenoxy) is 3. The van der Waals surface area contributed by atoms with Crippen LogP contribution >= 0.6 is 0 Å². The third-order valence-corrected chi connectivity index (χ3v) is 5.56. The largest absolute Gasteiger partial charge is 0.490 e. The Hall–Kier alpha value is -2.42. The first-order valence-corrected chi connectivity index (χ1v) is 9.91. The lowest BCUT2D eigenvalue weighted by Crippen LogP contribution is -2.55. The highest BCUT2D eigenvalue weighted by atomic mass is 16.5. The number of hydrogen-bond acceptors (Lipinski definition) is 7. The molecule has 0 unspecified atom stereocenters. The van der Waals surface area contributed by atoms with E-state index in [1.807, 2.05) is 19.9 Å². The minimum absolute atomic E-state index is 0.104. The molecule has 1 aromatic carbocycles. The number of rotatable bonds is 7. The summed E-state index contributed by atoms with van der Waals surface area (Å²) in [4.78, 5) is 16.2. The van der Waals surface area contributed by atoms with Crippen LogP contribution in [0.4, 0.5) is 0 Å². The first-order valence-electron chi connectivity index (χ1n) is 9.91. The van der Waals surface area contributed by atoms with Gasteiger partial charge in [0.15, 0.2) is 0 Å². The van der Waals surface area contributed by atoms with E-state index in [0.717, 1.165) is 23.7 Å². The predicted octanol–water partition coefficient (Wildman–Crippen LogP) is 1.24. The van der Waals surface area contributed by atoms with Crippen LogP contribution in [0.1, 0.15) is 30.6 Å². The molecule has 8 heteroatoms. The van der Waals surface area contributed by atoms with E-state index < -0.39 is 11.5 Å². The maximum atomic E-state index is 11.8. The van der Waals surface area contributed by atoms with Crippen LogP contribution in [0.2, 0.25) is 0 Å². The summed E-state index contributed by atoms with van der Waals surface area (Å²) in [5.41, 5.74) is 5.14. The summed E-state index contributed by atoms with van der Waals surface area (Å²) in [5, 5.41) is 15.4. The Morgan fingerprint density at radius 2 is 2.24 bits per heavy atom. The average molecular weight is 401 g/mol. The Morgan fingerprint density at radius 3 is 2.90 bits per heavy atom. The molecule has 0 aliphatic carbocycles. The number of nitrogens with two attached hydrogens (primary N) is 1. The molecule has 2 aliphatic heterocycles. The maximum Gasteiger partial charge on any atom is 0.252 e. The molecule has 2 aliphatic rings. The fourth-order valence-corrected chi connectivity index (χ4v) is 3.92. The summed E-state index contributed by atoms with van der Waals surface area (Å²) < 4.78 is 17.0. The molecule has 0 saturated carbocycles. The van der Waals surface area contributed by atoms with E-state index in [1.165, 1.54) is 0 Å². The summed E-state index contributed by atoms with van der Waals surface area (Å²) in [7, 11) is 0. The molecule has 4 rings (SSSR count). The van der Waals surface area contributed by atoms with E-state index in [-0.39, 0.29) is 18.1 Å². The zero-order valence-electron chi connectivity index (χ0n) is 16.7. The zero-order chi connectivity index (χ0) is 20.6. The van der Waals surface area contributed by atoms with Gasteiger partial charge in [0, 0.05) is 30.1 Å². The summed E-state index contributed by atoms with van der Waals surface area (Å²) in [6.07, 6.45) is 2.36. The normalized spacial score (nSPS) is 23.2. The molecular weight excluding hydrogens is 374 g/mol. The van der Waals surface area contributed by atoms with E-state index in [4.69, 9.17) is 19.9 Å². The summed E-state index contributed by atoms with van der Waals surface area (Å²) in [5.74, 6) is 0.516. The van der Waals surface area contributed by atoms with Crippen LogP contribution in [-0.4, -0.2) is 60.1 Å². The number of aromatic nitrogens is 1. The van der Waals surface area contributed by atoms with Gasteiger partial charge in [-0.25, -0.2) is 4.98 Å². The van der Waals surface area contributed by atoms with Crippen molar-refractivity contribution in [1.82, 2.24) is 10.3 Å². The highest BCUT2D eigenvalue weighted by Gasteiger charge is 2.46. The number of carbonyl (C=O) groups excluding carboxylic acids is 1. The standard InChI is InChI=1S/C21H27N3O5/c1-12(2)29-18-7-16-13(5-17(18)19(22)25)3-4-23-20(16)28-9-15-6-14(8-24-15)21(26)10-27-11-21/h3-5,7,12,14-15,24,26H,6,8-11H2,1-2H3,(H2,22,25)/t14-,15+/m1/s1. The first-order chi connectivity index (χ1) is 13.9. The summed E-state index contributed by atoms with van der Waals surface area (Å²) >= 11 is 0. The fraction of sp³-hybridized carbons (Fsp3) is 0.524. The van der Waals surface area contributed by atoms with Crippen LogP contribution in [0.25, 0.3) is 10.8 Å². The SMILES string of the molecule is CC(C)Oc1cc2c(OC[C@@H]3C[C@@H](C4(O)COC4)CN3)nccc2cc1C(N)=O. The smallest absolute Gasteiger partial charge is 0.252 e. The molecule has 29 heavy (non-hydrogen) atoms. The van der Waals surface area contributed by atoms with Crippen molar-refractivity contribution in [2.75, 3.05) is 26.4 Å². The van der Waals surface area contributed by atoms with Crippen molar-refractivity contribution in [3.8, 4) is 11.6 Å². The second-order valence-corrected chi connectivity index (χ2v) is 8.16. The van der Waals surface area contributed by atoms with Crippen LogP contribution < -0.4 is 20.5 Å². The van der Waals surface area contributed by atoms with Gasteiger partial charge in [-0.1, -0.05) is 0 Å². The fourth-order valence-electron chi connectivity index (χ4n) is 3.92.